The molecule has 0 unspecified atom stereocenters. The van der Waals surface area contributed by atoms with E-state index in [0.717, 1.165) is 10.9 Å². The molecule has 112 valence electrons. The first-order chi connectivity index (χ1) is 10.1. The van der Waals surface area contributed by atoms with Crippen molar-refractivity contribution < 1.29 is 9.59 Å². The van der Waals surface area contributed by atoms with Gasteiger partial charge in [0.1, 0.15) is 0 Å². The minimum Gasteiger partial charge on any atom is -0.399 e. The van der Waals surface area contributed by atoms with Gasteiger partial charge >= 0.3 is 0 Å². The predicted octanol–water partition coefficient (Wildman–Crippen LogP) is 1.35. The first kappa shape index (κ1) is 14.9. The maximum absolute atomic E-state index is 12.2. The molecule has 6 heteroatoms. The molecule has 0 atom stereocenters. The number of hydrogen-bond donors (Lipinski definition) is 3. The topological polar surface area (TPSA) is 91.2 Å². The minimum absolute atomic E-state index is 0.00446. The summed E-state index contributed by atoms with van der Waals surface area (Å²) in [5.41, 5.74) is 7.66. The Morgan fingerprint density at radius 3 is 2.67 bits per heavy atom. The van der Waals surface area contributed by atoms with E-state index in [1.165, 1.54) is 0 Å². The van der Waals surface area contributed by atoms with Crippen LogP contribution < -0.4 is 11.1 Å². The highest BCUT2D eigenvalue weighted by Gasteiger charge is 2.15. The van der Waals surface area contributed by atoms with Crippen molar-refractivity contribution in [2.75, 3.05) is 25.4 Å². The summed E-state index contributed by atoms with van der Waals surface area (Å²) >= 11 is 0. The zero-order valence-electron chi connectivity index (χ0n) is 12.3. The summed E-state index contributed by atoms with van der Waals surface area (Å²) in [7, 11) is 0. The predicted molar refractivity (Wildman–Crippen MR) is 83.0 cm³/mol. The molecule has 0 spiro atoms. The van der Waals surface area contributed by atoms with Crippen LogP contribution in [0.4, 0.5) is 5.69 Å². The molecule has 0 radical (unpaired) electrons. The number of benzene rings is 1. The number of nitrogens with two attached hydrogens (primary N) is 1. The van der Waals surface area contributed by atoms with Gasteiger partial charge in [0.15, 0.2) is 0 Å². The number of nitrogen functional groups attached to an aromatic ring is 1. The van der Waals surface area contributed by atoms with Crippen molar-refractivity contribution in [2.45, 2.75) is 13.8 Å². The molecule has 0 aliphatic carbocycles. The number of carbonyl (C=O) groups is 2. The van der Waals surface area contributed by atoms with Crippen molar-refractivity contribution in [2.24, 2.45) is 0 Å². The van der Waals surface area contributed by atoms with Crippen molar-refractivity contribution >= 4 is 28.4 Å². The van der Waals surface area contributed by atoms with Crippen LogP contribution in [0.25, 0.3) is 10.9 Å². The summed E-state index contributed by atoms with van der Waals surface area (Å²) in [6.07, 6.45) is 1.63. The number of H-pyrrole nitrogens is 1. The minimum atomic E-state index is -0.285. The summed E-state index contributed by atoms with van der Waals surface area (Å²) < 4.78 is 0. The second-order valence-electron chi connectivity index (χ2n) is 4.76. The molecule has 1 aromatic heterocycles. The Kier molecular flexibility index (Phi) is 4.47. The molecule has 0 fully saturated rings. The fourth-order valence-corrected chi connectivity index (χ4v) is 2.27. The Morgan fingerprint density at radius 1 is 1.29 bits per heavy atom. The lowest BCUT2D eigenvalue weighted by Crippen LogP contribution is -2.39. The summed E-state index contributed by atoms with van der Waals surface area (Å²) in [5, 5.41) is 3.41. The largest absolute Gasteiger partial charge is 0.399 e. The molecule has 0 saturated carbocycles. The molecular weight excluding hydrogens is 268 g/mol. The first-order valence-electron chi connectivity index (χ1n) is 6.99. The van der Waals surface area contributed by atoms with Crippen molar-refractivity contribution in [1.82, 2.24) is 15.2 Å². The van der Waals surface area contributed by atoms with Gasteiger partial charge in [-0.05, 0) is 32.0 Å². The van der Waals surface area contributed by atoms with Crippen LogP contribution in [-0.4, -0.2) is 41.3 Å². The van der Waals surface area contributed by atoms with Crippen LogP contribution in [0.1, 0.15) is 24.2 Å². The average Bonchev–Trinajstić information content (AvgIpc) is 2.89. The maximum Gasteiger partial charge on any atom is 0.253 e. The van der Waals surface area contributed by atoms with Crippen LogP contribution in [0.15, 0.2) is 24.4 Å². The molecule has 2 amide bonds. The highest BCUT2D eigenvalue weighted by atomic mass is 16.2. The Hall–Kier alpha value is -2.50. The lowest BCUT2D eigenvalue weighted by molar-refractivity contribution is -0.129. The van der Waals surface area contributed by atoms with E-state index in [9.17, 15) is 9.59 Å². The number of fused-ring (bicyclic) bond motifs is 1. The molecule has 0 saturated heterocycles. The van der Waals surface area contributed by atoms with Gasteiger partial charge in [-0.15, -0.1) is 0 Å². The Bertz CT molecular complexity index is 659. The maximum atomic E-state index is 12.2. The van der Waals surface area contributed by atoms with E-state index in [1.54, 1.807) is 23.2 Å². The zero-order valence-corrected chi connectivity index (χ0v) is 12.3. The van der Waals surface area contributed by atoms with Crippen molar-refractivity contribution in [3.8, 4) is 0 Å². The Balaban J connectivity index is 2.09. The molecule has 0 aliphatic heterocycles. The SMILES string of the molecule is CCN(CC)C(=O)CNC(=O)c1c[nH]c2ccc(N)cc12. The summed E-state index contributed by atoms with van der Waals surface area (Å²) in [6.45, 7) is 5.08. The second kappa shape index (κ2) is 6.30. The molecular formula is C15H20N4O2. The van der Waals surface area contributed by atoms with Gasteiger partial charge in [0.25, 0.3) is 5.91 Å². The van der Waals surface area contributed by atoms with E-state index in [1.807, 2.05) is 19.9 Å². The summed E-state index contributed by atoms with van der Waals surface area (Å²) in [5.74, 6) is -0.375. The fraction of sp³-hybridized carbons (Fsp3) is 0.333. The van der Waals surface area contributed by atoms with Gasteiger partial charge in [0.2, 0.25) is 5.91 Å². The van der Waals surface area contributed by atoms with Crippen LogP contribution in [0.2, 0.25) is 0 Å². The molecule has 1 aromatic carbocycles. The van der Waals surface area contributed by atoms with Gasteiger partial charge in [0.05, 0.1) is 12.1 Å². The van der Waals surface area contributed by atoms with Gasteiger partial charge in [-0.3, -0.25) is 9.59 Å². The molecule has 0 bridgehead atoms. The van der Waals surface area contributed by atoms with E-state index < -0.39 is 0 Å². The fourth-order valence-electron chi connectivity index (χ4n) is 2.27. The smallest absolute Gasteiger partial charge is 0.253 e. The molecule has 21 heavy (non-hydrogen) atoms. The van der Waals surface area contributed by atoms with E-state index in [0.29, 0.717) is 24.3 Å². The lowest BCUT2D eigenvalue weighted by atomic mass is 10.1. The third kappa shape index (κ3) is 3.16. The summed E-state index contributed by atoms with van der Waals surface area (Å²) in [4.78, 5) is 28.8. The number of aromatic nitrogens is 1. The monoisotopic (exact) mass is 288 g/mol. The molecule has 6 nitrogen and oxygen atoms in total. The van der Waals surface area contributed by atoms with Gasteiger partial charge in [0, 0.05) is 35.9 Å². The molecule has 2 rings (SSSR count). The van der Waals surface area contributed by atoms with Crippen molar-refractivity contribution in [1.29, 1.82) is 0 Å². The van der Waals surface area contributed by atoms with E-state index in [-0.39, 0.29) is 18.4 Å². The van der Waals surface area contributed by atoms with Crippen LogP contribution in [-0.2, 0) is 4.79 Å². The first-order valence-corrected chi connectivity index (χ1v) is 6.99. The Labute approximate surface area is 123 Å². The van der Waals surface area contributed by atoms with Gasteiger partial charge in [-0.2, -0.15) is 0 Å². The normalized spacial score (nSPS) is 10.6. The van der Waals surface area contributed by atoms with Gasteiger partial charge in [-0.1, -0.05) is 0 Å². The number of likely N-dealkylation sites (N-methyl/N-ethyl adjacent to an activating group) is 1. The highest BCUT2D eigenvalue weighted by Crippen LogP contribution is 2.20. The zero-order chi connectivity index (χ0) is 15.4. The quantitative estimate of drug-likeness (QED) is 0.725. The standard InChI is InChI=1S/C15H20N4O2/c1-3-19(4-2)14(20)9-18-15(21)12-8-17-13-6-5-10(16)7-11(12)13/h5-8,17H,3-4,9,16H2,1-2H3,(H,18,21). The van der Waals surface area contributed by atoms with E-state index >= 15 is 0 Å². The molecule has 1 heterocycles. The molecule has 2 aromatic rings. The van der Waals surface area contributed by atoms with Crippen LogP contribution in [0.3, 0.4) is 0 Å². The lowest BCUT2D eigenvalue weighted by Gasteiger charge is -2.18. The van der Waals surface area contributed by atoms with Crippen LogP contribution in [0.5, 0.6) is 0 Å². The van der Waals surface area contributed by atoms with E-state index in [4.69, 9.17) is 5.73 Å². The van der Waals surface area contributed by atoms with Crippen molar-refractivity contribution in [3.05, 3.63) is 30.0 Å². The number of amides is 2. The number of hydrogen-bond acceptors (Lipinski definition) is 3. The Morgan fingerprint density at radius 2 is 2.00 bits per heavy atom. The third-order valence-corrected chi connectivity index (χ3v) is 3.47. The highest BCUT2D eigenvalue weighted by molar-refractivity contribution is 6.08. The number of carbonyl (C=O) groups excluding carboxylic acids is 2. The van der Waals surface area contributed by atoms with Gasteiger partial charge < -0.3 is 20.9 Å². The number of aromatic amines is 1. The van der Waals surface area contributed by atoms with Gasteiger partial charge in [-0.25, -0.2) is 0 Å². The number of anilines is 1. The van der Waals surface area contributed by atoms with Crippen LogP contribution >= 0.6 is 0 Å². The number of nitrogens with one attached hydrogen (secondary N) is 2. The van der Waals surface area contributed by atoms with Crippen molar-refractivity contribution in [3.63, 3.8) is 0 Å². The second-order valence-corrected chi connectivity index (χ2v) is 4.76. The van der Waals surface area contributed by atoms with E-state index in [2.05, 4.69) is 10.3 Å². The molecule has 0 aliphatic rings. The third-order valence-electron chi connectivity index (χ3n) is 3.47. The summed E-state index contributed by atoms with van der Waals surface area (Å²) in [6, 6.07) is 5.33. The number of rotatable bonds is 5. The number of nitrogens with zero attached hydrogens (tertiary/aromatic N) is 1. The molecule has 4 N–H and O–H groups in total. The average molecular weight is 288 g/mol. The van der Waals surface area contributed by atoms with Crippen LogP contribution in [0, 0.1) is 0 Å².